The molecular weight excluding hydrogens is 406 g/mol. The number of aromatic amines is 1. The molecule has 4 heterocycles. The zero-order chi connectivity index (χ0) is 22.2. The van der Waals surface area contributed by atoms with E-state index >= 15 is 0 Å². The Hall–Kier alpha value is -3.20. The number of likely N-dealkylation sites (tertiary alicyclic amines) is 1. The normalized spacial score (nSPS) is 14.4. The van der Waals surface area contributed by atoms with Crippen molar-refractivity contribution in [3.8, 4) is 0 Å². The van der Waals surface area contributed by atoms with Gasteiger partial charge in [0.25, 0.3) is 5.56 Å². The smallest absolute Gasteiger partial charge is 0.255 e. The molecule has 1 fully saturated rings. The summed E-state index contributed by atoms with van der Waals surface area (Å²) in [6.07, 6.45) is 12.4. The molecule has 9 nitrogen and oxygen atoms in total. The Balaban J connectivity index is 1.17. The van der Waals surface area contributed by atoms with Gasteiger partial charge in [0.1, 0.15) is 6.61 Å². The Bertz CT molecular complexity index is 1040. The van der Waals surface area contributed by atoms with Gasteiger partial charge >= 0.3 is 0 Å². The van der Waals surface area contributed by atoms with E-state index in [0.29, 0.717) is 31.1 Å². The van der Waals surface area contributed by atoms with Crippen molar-refractivity contribution in [1.82, 2.24) is 29.8 Å². The summed E-state index contributed by atoms with van der Waals surface area (Å²) in [5.41, 5.74) is 3.59. The molecule has 32 heavy (non-hydrogen) atoms. The van der Waals surface area contributed by atoms with Crippen molar-refractivity contribution in [2.24, 2.45) is 0 Å². The molecule has 0 amide bonds. The van der Waals surface area contributed by atoms with Crippen LogP contribution in [0.3, 0.4) is 0 Å². The van der Waals surface area contributed by atoms with E-state index in [2.05, 4.69) is 30.3 Å². The molecule has 3 aromatic heterocycles. The van der Waals surface area contributed by atoms with Gasteiger partial charge in [0.05, 0.1) is 12.4 Å². The van der Waals surface area contributed by atoms with Crippen LogP contribution in [0.4, 0.5) is 5.95 Å². The Morgan fingerprint density at radius 2 is 1.97 bits per heavy atom. The topological polar surface area (TPSA) is 101 Å². The summed E-state index contributed by atoms with van der Waals surface area (Å²) in [6.45, 7) is 6.34. The van der Waals surface area contributed by atoms with Crippen LogP contribution in [0.1, 0.15) is 48.1 Å². The first-order chi connectivity index (χ1) is 15.7. The molecule has 0 atom stereocenters. The fourth-order valence-electron chi connectivity index (χ4n) is 3.76. The second-order valence-electron chi connectivity index (χ2n) is 8.27. The van der Waals surface area contributed by atoms with Crippen molar-refractivity contribution in [3.63, 3.8) is 0 Å². The van der Waals surface area contributed by atoms with Crippen LogP contribution in [0, 0.1) is 6.92 Å². The third kappa shape index (κ3) is 6.40. The fraction of sp³-hybridized carbons (Fsp3) is 0.478. The minimum Gasteiger partial charge on any atom is -0.397 e. The monoisotopic (exact) mass is 437 g/mol. The summed E-state index contributed by atoms with van der Waals surface area (Å²) in [6, 6.07) is 3.91. The number of aromatic nitrogens is 5. The molecular formula is C23H31N7O2. The summed E-state index contributed by atoms with van der Waals surface area (Å²) < 4.78 is 0. The van der Waals surface area contributed by atoms with Gasteiger partial charge in [-0.15, -0.1) is 9.94 Å². The molecule has 0 unspecified atom stereocenters. The number of hydrogen-bond acceptors (Lipinski definition) is 7. The highest BCUT2D eigenvalue weighted by molar-refractivity contribution is 5.27. The molecule has 0 saturated carbocycles. The quantitative estimate of drug-likeness (QED) is 0.469. The number of anilines is 1. The average Bonchev–Trinajstić information content (AvgIpc) is 3.24. The molecule has 0 spiro atoms. The third-order valence-electron chi connectivity index (χ3n) is 5.55. The van der Waals surface area contributed by atoms with Gasteiger partial charge in [-0.05, 0) is 44.5 Å². The first-order valence-corrected chi connectivity index (χ1v) is 11.3. The maximum Gasteiger partial charge on any atom is 0.255 e. The molecule has 1 aliphatic rings. The predicted octanol–water partition coefficient (Wildman–Crippen LogP) is 2.18. The van der Waals surface area contributed by atoms with Crippen LogP contribution < -0.4 is 15.7 Å². The molecule has 170 valence electrons. The van der Waals surface area contributed by atoms with Crippen LogP contribution >= 0.6 is 0 Å². The zero-order valence-corrected chi connectivity index (χ0v) is 18.6. The molecule has 0 aliphatic carbocycles. The van der Waals surface area contributed by atoms with Crippen molar-refractivity contribution in [2.75, 3.05) is 31.6 Å². The maximum absolute atomic E-state index is 12.3. The van der Waals surface area contributed by atoms with Gasteiger partial charge in [0, 0.05) is 55.1 Å². The van der Waals surface area contributed by atoms with E-state index in [-0.39, 0.29) is 5.56 Å². The average molecular weight is 438 g/mol. The SMILES string of the molecule is Cc1ccc(Cc2cnc(NCCCOn3cc(CN4CCCCC4)cn3)[nH]c2=O)cn1. The van der Waals surface area contributed by atoms with Crippen molar-refractivity contribution in [2.45, 2.75) is 45.6 Å². The van der Waals surface area contributed by atoms with Gasteiger partial charge < -0.3 is 10.2 Å². The lowest BCUT2D eigenvalue weighted by atomic mass is 10.1. The van der Waals surface area contributed by atoms with Gasteiger partial charge in [0.2, 0.25) is 5.95 Å². The molecule has 4 rings (SSSR count). The number of piperidine rings is 1. The summed E-state index contributed by atoms with van der Waals surface area (Å²) >= 11 is 0. The standard InChI is InChI=1S/C23H31N7O2/c1-18-6-7-19(13-25-18)12-21-15-26-23(28-22(21)31)24-8-5-11-32-30-17-20(14-27-30)16-29-9-3-2-4-10-29/h6-7,13-15,17H,2-5,8-12,16H2,1H3,(H2,24,26,28,31). The van der Waals surface area contributed by atoms with Crippen molar-refractivity contribution < 1.29 is 4.84 Å². The molecule has 3 aromatic rings. The summed E-state index contributed by atoms with van der Waals surface area (Å²) in [7, 11) is 0. The number of H-pyrrole nitrogens is 1. The first kappa shape index (κ1) is 22.0. The second kappa shape index (κ2) is 10.9. The molecule has 2 N–H and O–H groups in total. The largest absolute Gasteiger partial charge is 0.397 e. The highest BCUT2D eigenvalue weighted by Gasteiger charge is 2.11. The van der Waals surface area contributed by atoms with Gasteiger partial charge in [0.15, 0.2) is 0 Å². The fourth-order valence-corrected chi connectivity index (χ4v) is 3.76. The van der Waals surface area contributed by atoms with Crippen LogP contribution in [0.25, 0.3) is 0 Å². The molecule has 0 bridgehead atoms. The number of rotatable bonds is 10. The van der Waals surface area contributed by atoms with Gasteiger partial charge in [-0.25, -0.2) is 4.98 Å². The summed E-state index contributed by atoms with van der Waals surface area (Å²) in [4.78, 5) is 33.4. The van der Waals surface area contributed by atoms with E-state index < -0.39 is 0 Å². The van der Waals surface area contributed by atoms with E-state index in [1.807, 2.05) is 31.5 Å². The van der Waals surface area contributed by atoms with Crippen molar-refractivity contribution in [3.05, 3.63) is 69.7 Å². The Labute approximate surface area is 187 Å². The van der Waals surface area contributed by atoms with E-state index in [1.54, 1.807) is 12.4 Å². The summed E-state index contributed by atoms with van der Waals surface area (Å²) in [5.74, 6) is 0.462. The van der Waals surface area contributed by atoms with E-state index in [1.165, 1.54) is 29.7 Å². The number of aryl methyl sites for hydroxylation is 1. The lowest BCUT2D eigenvalue weighted by molar-refractivity contribution is 0.0818. The van der Waals surface area contributed by atoms with Crippen LogP contribution in [0.5, 0.6) is 0 Å². The minimum absolute atomic E-state index is 0.142. The highest BCUT2D eigenvalue weighted by Crippen LogP contribution is 2.12. The Morgan fingerprint density at radius 1 is 1.09 bits per heavy atom. The summed E-state index contributed by atoms with van der Waals surface area (Å²) in [5, 5.41) is 7.42. The minimum atomic E-state index is -0.142. The van der Waals surface area contributed by atoms with E-state index in [9.17, 15) is 4.79 Å². The van der Waals surface area contributed by atoms with E-state index in [4.69, 9.17) is 4.84 Å². The van der Waals surface area contributed by atoms with Crippen LogP contribution in [-0.4, -0.2) is 56.0 Å². The Morgan fingerprint density at radius 3 is 2.75 bits per heavy atom. The number of hydrogen-bond donors (Lipinski definition) is 2. The second-order valence-corrected chi connectivity index (χ2v) is 8.27. The van der Waals surface area contributed by atoms with Gasteiger partial charge in [-0.3, -0.25) is 19.7 Å². The van der Waals surface area contributed by atoms with Crippen molar-refractivity contribution in [1.29, 1.82) is 0 Å². The van der Waals surface area contributed by atoms with Crippen molar-refractivity contribution >= 4 is 5.95 Å². The molecule has 0 radical (unpaired) electrons. The van der Waals surface area contributed by atoms with Crippen LogP contribution in [0.2, 0.25) is 0 Å². The molecule has 1 aliphatic heterocycles. The molecule has 1 saturated heterocycles. The van der Waals surface area contributed by atoms with Gasteiger partial charge in [-0.1, -0.05) is 12.5 Å². The predicted molar refractivity (Wildman–Crippen MR) is 123 cm³/mol. The third-order valence-corrected chi connectivity index (χ3v) is 5.55. The highest BCUT2D eigenvalue weighted by atomic mass is 16.7. The lowest BCUT2D eigenvalue weighted by Gasteiger charge is -2.25. The number of nitrogens with zero attached hydrogens (tertiary/aromatic N) is 5. The Kier molecular flexibility index (Phi) is 7.50. The molecule has 0 aromatic carbocycles. The van der Waals surface area contributed by atoms with Crippen LogP contribution in [-0.2, 0) is 13.0 Å². The maximum atomic E-state index is 12.3. The number of nitrogens with one attached hydrogen (secondary N) is 2. The zero-order valence-electron chi connectivity index (χ0n) is 18.6. The van der Waals surface area contributed by atoms with Crippen LogP contribution in [0.15, 0.2) is 41.7 Å². The molecule has 9 heteroatoms. The first-order valence-electron chi connectivity index (χ1n) is 11.3. The van der Waals surface area contributed by atoms with Gasteiger partial charge in [-0.2, -0.15) is 0 Å². The number of pyridine rings is 1. The van der Waals surface area contributed by atoms with E-state index in [0.717, 1.165) is 37.3 Å². The lowest BCUT2D eigenvalue weighted by Crippen LogP contribution is -2.28.